The van der Waals surface area contributed by atoms with Crippen molar-refractivity contribution in [1.29, 1.82) is 0 Å². The fourth-order valence-corrected chi connectivity index (χ4v) is 4.46. The van der Waals surface area contributed by atoms with Crippen LogP contribution in [0.15, 0.2) is 0 Å². The van der Waals surface area contributed by atoms with Crippen molar-refractivity contribution in [3.8, 4) is 0 Å². The van der Waals surface area contributed by atoms with E-state index in [1.165, 1.54) is 44.9 Å². The maximum absolute atomic E-state index is 5.98. The van der Waals surface area contributed by atoms with E-state index in [2.05, 4.69) is 26.1 Å². The average Bonchev–Trinajstić information content (AvgIpc) is 2.90. The highest BCUT2D eigenvalue weighted by atomic mass is 16.5. The first kappa shape index (κ1) is 12.9. The molecule has 5 atom stereocenters. The van der Waals surface area contributed by atoms with Gasteiger partial charge in [0, 0.05) is 12.1 Å². The molecule has 2 heteroatoms. The molecule has 0 radical (unpaired) electrons. The first-order valence-electron chi connectivity index (χ1n) is 7.95. The summed E-state index contributed by atoms with van der Waals surface area (Å²) in [7, 11) is 0. The minimum absolute atomic E-state index is 0.441. The van der Waals surface area contributed by atoms with Gasteiger partial charge >= 0.3 is 0 Å². The number of rotatable bonds is 2. The molecule has 3 rings (SSSR count). The molecule has 2 aliphatic heterocycles. The molecule has 1 aliphatic carbocycles. The van der Waals surface area contributed by atoms with Gasteiger partial charge in [0.15, 0.2) is 0 Å². The highest BCUT2D eigenvalue weighted by Crippen LogP contribution is 2.40. The lowest BCUT2D eigenvalue weighted by Gasteiger charge is -2.42. The van der Waals surface area contributed by atoms with E-state index in [-0.39, 0.29) is 0 Å². The zero-order valence-corrected chi connectivity index (χ0v) is 12.2. The molecule has 3 aliphatic rings. The molecule has 3 fully saturated rings. The molecule has 5 unspecified atom stereocenters. The highest BCUT2D eigenvalue weighted by Gasteiger charge is 2.43. The molecule has 104 valence electrons. The quantitative estimate of drug-likeness (QED) is 0.811. The van der Waals surface area contributed by atoms with Crippen molar-refractivity contribution >= 4 is 0 Å². The first-order valence-corrected chi connectivity index (χ1v) is 7.95. The smallest absolute Gasteiger partial charge is 0.0733 e. The molecular weight excluding hydrogens is 222 g/mol. The maximum atomic E-state index is 5.98. The van der Waals surface area contributed by atoms with E-state index in [0.717, 1.165) is 12.0 Å². The summed E-state index contributed by atoms with van der Waals surface area (Å²) in [5.74, 6) is 0.838. The summed E-state index contributed by atoms with van der Waals surface area (Å²) in [5, 5.41) is 3.98. The predicted octanol–water partition coefficient (Wildman–Crippen LogP) is 3.50. The average molecular weight is 251 g/mol. The first-order chi connectivity index (χ1) is 8.54. The van der Waals surface area contributed by atoms with Gasteiger partial charge in [-0.25, -0.2) is 0 Å². The molecule has 2 bridgehead atoms. The Labute approximate surface area is 112 Å². The van der Waals surface area contributed by atoms with E-state index < -0.39 is 0 Å². The number of nitrogens with one attached hydrogen (secondary N) is 1. The van der Waals surface area contributed by atoms with Crippen LogP contribution in [-0.2, 0) is 4.74 Å². The van der Waals surface area contributed by atoms with Crippen molar-refractivity contribution in [3.63, 3.8) is 0 Å². The van der Waals surface area contributed by atoms with Crippen molar-refractivity contribution in [2.24, 2.45) is 11.3 Å². The van der Waals surface area contributed by atoms with Gasteiger partial charge in [-0.2, -0.15) is 0 Å². The molecular formula is C16H29NO. The van der Waals surface area contributed by atoms with Gasteiger partial charge in [-0.05, 0) is 43.4 Å². The van der Waals surface area contributed by atoms with Gasteiger partial charge in [0.1, 0.15) is 0 Å². The number of ether oxygens (including phenoxy) is 1. The number of fused-ring (bicyclic) bond motifs is 2. The lowest BCUT2D eigenvalue weighted by atomic mass is 9.69. The van der Waals surface area contributed by atoms with E-state index in [9.17, 15) is 0 Å². The minimum Gasteiger partial charge on any atom is -0.373 e. The largest absolute Gasteiger partial charge is 0.373 e. The zero-order chi connectivity index (χ0) is 12.8. The second kappa shape index (κ2) is 4.79. The standard InChI is InChI=1S/C16H29NO/c1-16(2,3)12-6-4-5-7-13(12)17-14-10-11-8-9-15(14)18-11/h11-15,17H,4-10H2,1-3H3. The molecule has 2 saturated heterocycles. The predicted molar refractivity (Wildman–Crippen MR) is 74.6 cm³/mol. The lowest BCUT2D eigenvalue weighted by molar-refractivity contribution is 0.0827. The van der Waals surface area contributed by atoms with Crippen molar-refractivity contribution in [1.82, 2.24) is 5.32 Å². The molecule has 2 nitrogen and oxygen atoms in total. The summed E-state index contributed by atoms with van der Waals surface area (Å²) in [5.41, 5.74) is 0.441. The summed E-state index contributed by atoms with van der Waals surface area (Å²) in [4.78, 5) is 0. The van der Waals surface area contributed by atoms with Crippen LogP contribution in [0.2, 0.25) is 0 Å². The van der Waals surface area contributed by atoms with Gasteiger partial charge in [-0.15, -0.1) is 0 Å². The third kappa shape index (κ3) is 2.46. The molecule has 2 heterocycles. The van der Waals surface area contributed by atoms with Crippen molar-refractivity contribution in [3.05, 3.63) is 0 Å². The SMILES string of the molecule is CC(C)(C)C1CCCCC1NC1CC2CCC1O2. The fourth-order valence-electron chi connectivity index (χ4n) is 4.46. The molecule has 0 aromatic rings. The van der Waals surface area contributed by atoms with E-state index in [0.29, 0.717) is 23.7 Å². The van der Waals surface area contributed by atoms with Crippen LogP contribution in [0.3, 0.4) is 0 Å². The van der Waals surface area contributed by atoms with Crippen LogP contribution < -0.4 is 5.32 Å². The van der Waals surface area contributed by atoms with Crippen LogP contribution in [0.1, 0.15) is 65.7 Å². The second-order valence-corrected chi connectivity index (χ2v) is 7.75. The van der Waals surface area contributed by atoms with Gasteiger partial charge < -0.3 is 10.1 Å². The maximum Gasteiger partial charge on any atom is 0.0733 e. The number of hydrogen-bond donors (Lipinski definition) is 1. The topological polar surface area (TPSA) is 21.3 Å². The Balaban J connectivity index is 1.63. The van der Waals surface area contributed by atoms with Crippen molar-refractivity contribution < 1.29 is 4.74 Å². The molecule has 0 spiro atoms. The van der Waals surface area contributed by atoms with Crippen LogP contribution in [-0.4, -0.2) is 24.3 Å². The second-order valence-electron chi connectivity index (χ2n) is 7.75. The monoisotopic (exact) mass is 251 g/mol. The molecule has 0 amide bonds. The molecule has 1 saturated carbocycles. The molecule has 1 N–H and O–H groups in total. The summed E-state index contributed by atoms with van der Waals surface area (Å²) >= 11 is 0. The lowest BCUT2D eigenvalue weighted by Crippen LogP contribution is -2.51. The van der Waals surface area contributed by atoms with E-state index >= 15 is 0 Å². The van der Waals surface area contributed by atoms with Crippen LogP contribution >= 0.6 is 0 Å². The van der Waals surface area contributed by atoms with E-state index in [4.69, 9.17) is 4.74 Å². The Kier molecular flexibility index (Phi) is 3.44. The van der Waals surface area contributed by atoms with Crippen LogP contribution in [0.4, 0.5) is 0 Å². The summed E-state index contributed by atoms with van der Waals surface area (Å²) < 4.78 is 5.98. The zero-order valence-electron chi connectivity index (χ0n) is 12.2. The van der Waals surface area contributed by atoms with Gasteiger partial charge in [0.05, 0.1) is 12.2 Å². The minimum atomic E-state index is 0.441. The highest BCUT2D eigenvalue weighted by molar-refractivity contribution is 4.98. The van der Waals surface area contributed by atoms with Gasteiger partial charge in [0.2, 0.25) is 0 Å². The van der Waals surface area contributed by atoms with Gasteiger partial charge in [0.25, 0.3) is 0 Å². The summed E-state index contributed by atoms with van der Waals surface area (Å²) in [6.07, 6.45) is 10.6. The van der Waals surface area contributed by atoms with Gasteiger partial charge in [-0.3, -0.25) is 0 Å². The van der Waals surface area contributed by atoms with Crippen molar-refractivity contribution in [2.75, 3.05) is 0 Å². The summed E-state index contributed by atoms with van der Waals surface area (Å²) in [6, 6.07) is 1.38. The molecule has 0 aromatic carbocycles. The Morgan fingerprint density at radius 2 is 1.72 bits per heavy atom. The normalized spacial score (nSPS) is 44.5. The van der Waals surface area contributed by atoms with Crippen molar-refractivity contribution in [2.45, 2.75) is 90.0 Å². The Morgan fingerprint density at radius 1 is 0.944 bits per heavy atom. The molecule has 0 aromatic heterocycles. The summed E-state index contributed by atoms with van der Waals surface area (Å²) in [6.45, 7) is 7.24. The Morgan fingerprint density at radius 3 is 2.33 bits per heavy atom. The van der Waals surface area contributed by atoms with E-state index in [1.54, 1.807) is 0 Å². The molecule has 18 heavy (non-hydrogen) atoms. The third-order valence-electron chi connectivity index (χ3n) is 5.41. The number of hydrogen-bond acceptors (Lipinski definition) is 2. The third-order valence-corrected chi connectivity index (χ3v) is 5.41. The van der Waals surface area contributed by atoms with Gasteiger partial charge in [-0.1, -0.05) is 33.6 Å². The fraction of sp³-hybridized carbons (Fsp3) is 1.00. The van der Waals surface area contributed by atoms with Crippen LogP contribution in [0.5, 0.6) is 0 Å². The van der Waals surface area contributed by atoms with E-state index in [1.807, 2.05) is 0 Å². The Bertz CT molecular complexity index is 296. The Hall–Kier alpha value is -0.0800. The van der Waals surface area contributed by atoms with Crippen LogP contribution in [0, 0.1) is 11.3 Å². The van der Waals surface area contributed by atoms with Crippen LogP contribution in [0.25, 0.3) is 0 Å².